The van der Waals surface area contributed by atoms with Crippen LogP contribution in [0.1, 0.15) is 67.7 Å². The molecule has 0 saturated carbocycles. The molecule has 0 radical (unpaired) electrons. The molecule has 130 valence electrons. The SMILES string of the molecule is CCc1cc(C(C)=O)c(O)cc1OCCCC(CC)c1nnn[nH]1. The lowest BCUT2D eigenvalue weighted by Gasteiger charge is -2.14. The topological polar surface area (TPSA) is 101 Å². The Morgan fingerprint density at radius 2 is 2.17 bits per heavy atom. The minimum Gasteiger partial charge on any atom is -0.507 e. The Bertz CT molecular complexity index is 671. The molecule has 0 fully saturated rings. The Morgan fingerprint density at radius 3 is 2.75 bits per heavy atom. The van der Waals surface area contributed by atoms with E-state index in [4.69, 9.17) is 4.74 Å². The number of tetrazole rings is 1. The molecule has 1 unspecified atom stereocenters. The number of aromatic amines is 1. The van der Waals surface area contributed by atoms with Gasteiger partial charge in [0.15, 0.2) is 11.6 Å². The van der Waals surface area contributed by atoms with Crippen molar-refractivity contribution >= 4 is 5.78 Å². The van der Waals surface area contributed by atoms with Crippen LogP contribution in [0.3, 0.4) is 0 Å². The number of ketones is 1. The highest BCUT2D eigenvalue weighted by atomic mass is 16.5. The van der Waals surface area contributed by atoms with Gasteiger partial charge in [-0.25, -0.2) is 5.10 Å². The number of hydrogen-bond acceptors (Lipinski definition) is 6. The quantitative estimate of drug-likeness (QED) is 0.541. The van der Waals surface area contributed by atoms with E-state index in [0.29, 0.717) is 17.9 Å². The van der Waals surface area contributed by atoms with Crippen LogP contribution in [0, 0.1) is 0 Å². The first-order chi connectivity index (χ1) is 11.6. The molecule has 0 aliphatic carbocycles. The minimum atomic E-state index is -0.153. The second-order valence-electron chi connectivity index (χ2n) is 5.77. The zero-order valence-electron chi connectivity index (χ0n) is 14.4. The van der Waals surface area contributed by atoms with Crippen molar-refractivity contribution in [2.24, 2.45) is 0 Å². The summed E-state index contributed by atoms with van der Waals surface area (Å²) < 4.78 is 5.82. The Labute approximate surface area is 141 Å². The molecule has 1 heterocycles. The van der Waals surface area contributed by atoms with Crippen LogP contribution >= 0.6 is 0 Å². The third-order valence-corrected chi connectivity index (χ3v) is 4.13. The van der Waals surface area contributed by atoms with E-state index in [1.165, 1.54) is 13.0 Å². The number of aromatic hydroxyl groups is 1. The van der Waals surface area contributed by atoms with Gasteiger partial charge in [0.05, 0.1) is 12.2 Å². The van der Waals surface area contributed by atoms with Crippen LogP contribution in [0.5, 0.6) is 11.5 Å². The highest BCUT2D eigenvalue weighted by Crippen LogP contribution is 2.30. The molecular weight excluding hydrogens is 308 g/mol. The standard InChI is InChI=1S/C17H24N4O3/c1-4-12(17-18-20-21-19-17)7-6-8-24-16-10-15(23)14(11(3)22)9-13(16)5-2/h9-10,12,23H,4-8H2,1-3H3,(H,18,19,20,21). The van der Waals surface area contributed by atoms with E-state index >= 15 is 0 Å². The monoisotopic (exact) mass is 332 g/mol. The molecule has 7 nitrogen and oxygen atoms in total. The molecule has 7 heteroatoms. The van der Waals surface area contributed by atoms with E-state index in [2.05, 4.69) is 27.5 Å². The summed E-state index contributed by atoms with van der Waals surface area (Å²) >= 11 is 0. The van der Waals surface area contributed by atoms with Crippen molar-refractivity contribution in [3.8, 4) is 11.5 Å². The number of aromatic nitrogens is 4. The molecule has 0 aliphatic heterocycles. The number of phenolic OH excluding ortho intramolecular Hbond substituents is 1. The third kappa shape index (κ3) is 4.31. The number of phenols is 1. The van der Waals surface area contributed by atoms with Crippen LogP contribution < -0.4 is 4.74 Å². The van der Waals surface area contributed by atoms with Crippen LogP contribution in [0.4, 0.5) is 0 Å². The first-order valence-corrected chi connectivity index (χ1v) is 8.30. The lowest BCUT2D eigenvalue weighted by molar-refractivity contribution is 0.101. The number of H-pyrrole nitrogens is 1. The summed E-state index contributed by atoms with van der Waals surface area (Å²) in [6.07, 6.45) is 3.44. The Morgan fingerprint density at radius 1 is 1.38 bits per heavy atom. The molecule has 2 rings (SSSR count). The van der Waals surface area contributed by atoms with E-state index in [-0.39, 0.29) is 17.5 Å². The van der Waals surface area contributed by atoms with Crippen molar-refractivity contribution in [2.45, 2.75) is 52.4 Å². The van der Waals surface area contributed by atoms with Gasteiger partial charge in [0, 0.05) is 12.0 Å². The van der Waals surface area contributed by atoms with Gasteiger partial charge >= 0.3 is 0 Å². The second kappa shape index (κ2) is 8.42. The van der Waals surface area contributed by atoms with E-state index < -0.39 is 0 Å². The van der Waals surface area contributed by atoms with Gasteiger partial charge in [0.25, 0.3) is 0 Å². The average molecular weight is 332 g/mol. The van der Waals surface area contributed by atoms with E-state index in [9.17, 15) is 9.90 Å². The van der Waals surface area contributed by atoms with Gasteiger partial charge < -0.3 is 9.84 Å². The highest BCUT2D eigenvalue weighted by Gasteiger charge is 2.15. The number of hydrogen-bond donors (Lipinski definition) is 2. The highest BCUT2D eigenvalue weighted by molar-refractivity contribution is 5.97. The van der Waals surface area contributed by atoms with Crippen molar-refractivity contribution < 1.29 is 14.6 Å². The van der Waals surface area contributed by atoms with Gasteiger partial charge in [-0.1, -0.05) is 13.8 Å². The third-order valence-electron chi connectivity index (χ3n) is 4.13. The Hall–Kier alpha value is -2.44. The van der Waals surface area contributed by atoms with E-state index in [1.54, 1.807) is 6.07 Å². The Kier molecular flexibility index (Phi) is 6.28. The number of benzene rings is 1. The zero-order chi connectivity index (χ0) is 17.5. The number of carbonyl (C=O) groups is 1. The zero-order valence-corrected chi connectivity index (χ0v) is 14.4. The summed E-state index contributed by atoms with van der Waals surface area (Å²) in [5.74, 6) is 1.53. The number of carbonyl (C=O) groups excluding carboxylic acids is 1. The number of aryl methyl sites for hydroxylation is 1. The molecule has 1 aromatic carbocycles. The molecule has 0 spiro atoms. The van der Waals surface area contributed by atoms with Crippen molar-refractivity contribution in [1.82, 2.24) is 20.6 Å². The minimum absolute atomic E-state index is 0.0335. The average Bonchev–Trinajstić information content (AvgIpc) is 3.09. The first-order valence-electron chi connectivity index (χ1n) is 8.30. The summed E-state index contributed by atoms with van der Waals surface area (Å²) in [5, 5.41) is 24.0. The summed E-state index contributed by atoms with van der Waals surface area (Å²) in [5.41, 5.74) is 1.26. The van der Waals surface area contributed by atoms with Gasteiger partial charge in [0.1, 0.15) is 11.5 Å². The second-order valence-corrected chi connectivity index (χ2v) is 5.77. The number of nitrogens with zero attached hydrogens (tertiary/aromatic N) is 3. The smallest absolute Gasteiger partial charge is 0.163 e. The van der Waals surface area contributed by atoms with Crippen molar-refractivity contribution in [3.05, 3.63) is 29.1 Å². The molecule has 0 saturated heterocycles. The van der Waals surface area contributed by atoms with Crippen LogP contribution in [0.15, 0.2) is 12.1 Å². The summed E-state index contributed by atoms with van der Waals surface area (Å²) in [6.45, 7) is 6.07. The van der Waals surface area contributed by atoms with Gasteiger partial charge in [-0.15, -0.1) is 5.10 Å². The normalized spacial score (nSPS) is 12.1. The fourth-order valence-corrected chi connectivity index (χ4v) is 2.69. The molecule has 2 N–H and O–H groups in total. The lowest BCUT2D eigenvalue weighted by atomic mass is 10.00. The van der Waals surface area contributed by atoms with Gasteiger partial charge in [-0.2, -0.15) is 0 Å². The first kappa shape index (κ1) is 17.9. The maximum atomic E-state index is 11.5. The molecule has 0 amide bonds. The van der Waals surface area contributed by atoms with Gasteiger partial charge in [-0.05, 0) is 54.7 Å². The molecule has 2 aromatic rings. The molecule has 0 aliphatic rings. The van der Waals surface area contributed by atoms with Crippen molar-refractivity contribution in [1.29, 1.82) is 0 Å². The largest absolute Gasteiger partial charge is 0.507 e. The van der Waals surface area contributed by atoms with Gasteiger partial charge in [-0.3, -0.25) is 4.79 Å². The van der Waals surface area contributed by atoms with Gasteiger partial charge in [0.2, 0.25) is 0 Å². The number of ether oxygens (including phenoxy) is 1. The predicted molar refractivity (Wildman–Crippen MR) is 89.4 cm³/mol. The van der Waals surface area contributed by atoms with Crippen LogP contribution in [0.25, 0.3) is 0 Å². The fourth-order valence-electron chi connectivity index (χ4n) is 2.69. The van der Waals surface area contributed by atoms with Crippen molar-refractivity contribution in [2.75, 3.05) is 6.61 Å². The molecule has 24 heavy (non-hydrogen) atoms. The molecule has 0 bridgehead atoms. The van der Waals surface area contributed by atoms with Crippen molar-refractivity contribution in [3.63, 3.8) is 0 Å². The number of Topliss-reactive ketones (excluding diaryl/α,β-unsaturated/α-hetero) is 1. The molecule has 1 aromatic heterocycles. The van der Waals surface area contributed by atoms with Crippen LogP contribution in [-0.4, -0.2) is 38.1 Å². The maximum absolute atomic E-state index is 11.5. The van der Waals surface area contributed by atoms with E-state index in [1.807, 2.05) is 6.92 Å². The molecular formula is C17H24N4O3. The number of nitrogens with one attached hydrogen (secondary N) is 1. The van der Waals surface area contributed by atoms with E-state index in [0.717, 1.165) is 37.1 Å². The maximum Gasteiger partial charge on any atom is 0.163 e. The molecule has 1 atom stereocenters. The lowest BCUT2D eigenvalue weighted by Crippen LogP contribution is -2.06. The van der Waals surface area contributed by atoms with Crippen LogP contribution in [-0.2, 0) is 6.42 Å². The number of rotatable bonds is 9. The summed E-state index contributed by atoms with van der Waals surface area (Å²) in [6, 6.07) is 3.25. The summed E-state index contributed by atoms with van der Waals surface area (Å²) in [7, 11) is 0. The Balaban J connectivity index is 1.94. The summed E-state index contributed by atoms with van der Waals surface area (Å²) in [4.78, 5) is 11.5. The van der Waals surface area contributed by atoms with Crippen LogP contribution in [0.2, 0.25) is 0 Å². The fraction of sp³-hybridized carbons (Fsp3) is 0.529. The predicted octanol–water partition coefficient (Wildman–Crippen LogP) is 3.02.